The number of anilines is 1. The second-order valence-electron chi connectivity index (χ2n) is 7.16. The molecule has 0 spiro atoms. The average molecular weight is 383 g/mol. The summed E-state index contributed by atoms with van der Waals surface area (Å²) in [4.78, 5) is 25.3. The summed E-state index contributed by atoms with van der Waals surface area (Å²) in [6.07, 6.45) is 0.703. The van der Waals surface area contributed by atoms with Crippen molar-refractivity contribution in [2.45, 2.75) is 59.6 Å². The normalized spacial score (nSPS) is 12.8. The van der Waals surface area contributed by atoms with Crippen molar-refractivity contribution < 1.29 is 14.3 Å². The zero-order chi connectivity index (χ0) is 20.7. The molecule has 2 amide bonds. The van der Waals surface area contributed by atoms with Crippen molar-refractivity contribution in [3.05, 3.63) is 59.2 Å². The number of carbonyl (C=O) groups is 2. The molecule has 0 aromatic heterocycles. The zero-order valence-corrected chi connectivity index (χ0v) is 17.3. The van der Waals surface area contributed by atoms with Gasteiger partial charge in [-0.1, -0.05) is 32.0 Å². The number of carbonyl (C=O) groups excluding carboxylic acids is 2. The van der Waals surface area contributed by atoms with E-state index in [4.69, 9.17) is 4.74 Å². The zero-order valence-electron chi connectivity index (χ0n) is 17.3. The van der Waals surface area contributed by atoms with E-state index < -0.39 is 6.10 Å². The van der Waals surface area contributed by atoms with Crippen LogP contribution in [0.4, 0.5) is 5.69 Å². The Bertz CT molecular complexity index is 812. The molecule has 2 rings (SSSR count). The molecule has 2 N–H and O–H groups in total. The van der Waals surface area contributed by atoms with Crippen molar-refractivity contribution in [2.24, 2.45) is 0 Å². The summed E-state index contributed by atoms with van der Waals surface area (Å²) in [5.41, 5.74) is 3.09. The third kappa shape index (κ3) is 5.84. The van der Waals surface area contributed by atoms with Crippen LogP contribution in [-0.4, -0.2) is 24.0 Å². The van der Waals surface area contributed by atoms with Gasteiger partial charge in [0.2, 0.25) is 0 Å². The van der Waals surface area contributed by atoms with E-state index >= 15 is 0 Å². The Morgan fingerprint density at radius 1 is 1.00 bits per heavy atom. The van der Waals surface area contributed by atoms with Crippen LogP contribution in [0.2, 0.25) is 0 Å². The third-order valence-corrected chi connectivity index (χ3v) is 4.56. The number of aryl methyl sites for hydroxylation is 2. The lowest BCUT2D eigenvalue weighted by molar-refractivity contribution is -0.122. The van der Waals surface area contributed by atoms with Crippen molar-refractivity contribution in [3.63, 3.8) is 0 Å². The topological polar surface area (TPSA) is 67.4 Å². The van der Waals surface area contributed by atoms with Crippen LogP contribution in [0.5, 0.6) is 5.75 Å². The largest absolute Gasteiger partial charge is 0.481 e. The summed E-state index contributed by atoms with van der Waals surface area (Å²) < 4.78 is 5.93. The van der Waals surface area contributed by atoms with Crippen LogP contribution in [0.3, 0.4) is 0 Å². The fourth-order valence-electron chi connectivity index (χ4n) is 2.89. The molecular formula is C23H30N2O3. The minimum Gasteiger partial charge on any atom is -0.481 e. The second-order valence-corrected chi connectivity index (χ2v) is 7.16. The molecule has 5 nitrogen and oxygen atoms in total. The van der Waals surface area contributed by atoms with Crippen molar-refractivity contribution in [2.75, 3.05) is 5.32 Å². The summed E-state index contributed by atoms with van der Waals surface area (Å²) in [5.74, 6) is 0.196. The van der Waals surface area contributed by atoms with E-state index in [9.17, 15) is 9.59 Å². The van der Waals surface area contributed by atoms with Crippen LogP contribution in [0.15, 0.2) is 42.5 Å². The minimum atomic E-state index is -0.646. The van der Waals surface area contributed by atoms with Crippen LogP contribution in [0.1, 0.15) is 55.1 Å². The Morgan fingerprint density at radius 3 is 2.25 bits per heavy atom. The van der Waals surface area contributed by atoms with Gasteiger partial charge in [0.05, 0.1) is 11.3 Å². The molecule has 0 saturated carbocycles. The lowest BCUT2D eigenvalue weighted by Crippen LogP contribution is -2.35. The highest BCUT2D eigenvalue weighted by atomic mass is 16.5. The molecule has 150 valence electrons. The molecule has 5 heteroatoms. The van der Waals surface area contributed by atoms with Gasteiger partial charge in [0.15, 0.2) is 6.10 Å². The monoisotopic (exact) mass is 382 g/mol. The van der Waals surface area contributed by atoms with Gasteiger partial charge in [0.1, 0.15) is 5.75 Å². The standard InChI is InChI=1S/C23H30N2O3/c1-6-17(5)24-22(26)19-10-8-9-11-20(19)25-23(27)21(7-2)28-18-13-15(3)12-16(4)14-18/h8-14,17,21H,6-7H2,1-5H3,(H,24,26)(H,25,27)/t17-,21+/m0/s1. The molecule has 28 heavy (non-hydrogen) atoms. The predicted octanol–water partition coefficient (Wildman–Crippen LogP) is 4.63. The molecule has 0 bridgehead atoms. The van der Waals surface area contributed by atoms with Gasteiger partial charge < -0.3 is 15.4 Å². The smallest absolute Gasteiger partial charge is 0.265 e. The number of para-hydroxylation sites is 1. The maximum Gasteiger partial charge on any atom is 0.265 e. The van der Waals surface area contributed by atoms with Gasteiger partial charge in [-0.25, -0.2) is 0 Å². The molecule has 0 saturated heterocycles. The summed E-state index contributed by atoms with van der Waals surface area (Å²) >= 11 is 0. The Morgan fingerprint density at radius 2 is 1.64 bits per heavy atom. The number of hydrogen-bond donors (Lipinski definition) is 2. The first-order valence-corrected chi connectivity index (χ1v) is 9.79. The first kappa shape index (κ1) is 21.5. The number of benzene rings is 2. The molecule has 0 heterocycles. The average Bonchev–Trinajstić information content (AvgIpc) is 2.65. The summed E-state index contributed by atoms with van der Waals surface area (Å²) in [6, 6.07) is 13.0. The maximum atomic E-state index is 12.8. The van der Waals surface area contributed by atoms with Crippen molar-refractivity contribution in [1.82, 2.24) is 5.32 Å². The second kappa shape index (κ2) is 9.93. The molecule has 2 aromatic carbocycles. The van der Waals surface area contributed by atoms with Gasteiger partial charge in [0, 0.05) is 6.04 Å². The van der Waals surface area contributed by atoms with Gasteiger partial charge in [0.25, 0.3) is 11.8 Å². The lowest BCUT2D eigenvalue weighted by atomic mass is 10.1. The minimum absolute atomic E-state index is 0.0625. The van der Waals surface area contributed by atoms with E-state index in [1.165, 1.54) is 0 Å². The summed E-state index contributed by atoms with van der Waals surface area (Å²) in [5, 5.41) is 5.79. The predicted molar refractivity (Wildman–Crippen MR) is 113 cm³/mol. The molecule has 0 unspecified atom stereocenters. The highest BCUT2D eigenvalue weighted by molar-refractivity contribution is 6.04. The van der Waals surface area contributed by atoms with Gasteiger partial charge >= 0.3 is 0 Å². The van der Waals surface area contributed by atoms with Crippen molar-refractivity contribution in [3.8, 4) is 5.75 Å². The van der Waals surface area contributed by atoms with Gasteiger partial charge in [-0.05, 0) is 69.0 Å². The summed E-state index contributed by atoms with van der Waals surface area (Å²) in [7, 11) is 0. The van der Waals surface area contributed by atoms with Crippen molar-refractivity contribution in [1.29, 1.82) is 0 Å². The molecule has 0 radical (unpaired) electrons. The third-order valence-electron chi connectivity index (χ3n) is 4.56. The van der Waals surface area contributed by atoms with Crippen LogP contribution < -0.4 is 15.4 Å². The van der Waals surface area contributed by atoms with E-state index in [0.717, 1.165) is 17.5 Å². The highest BCUT2D eigenvalue weighted by Gasteiger charge is 2.21. The fraction of sp³-hybridized carbons (Fsp3) is 0.391. The molecular weight excluding hydrogens is 352 g/mol. The molecule has 0 aliphatic carbocycles. The van der Waals surface area contributed by atoms with Gasteiger partial charge in [-0.15, -0.1) is 0 Å². The van der Waals surface area contributed by atoms with E-state index in [0.29, 0.717) is 23.4 Å². The SMILES string of the molecule is CC[C@H](C)NC(=O)c1ccccc1NC(=O)[C@@H](CC)Oc1cc(C)cc(C)c1. The first-order valence-electron chi connectivity index (χ1n) is 9.79. The lowest BCUT2D eigenvalue weighted by Gasteiger charge is -2.19. The van der Waals surface area contributed by atoms with Crippen LogP contribution in [0, 0.1) is 13.8 Å². The molecule has 0 aliphatic heterocycles. The Labute approximate surface area is 167 Å². The number of hydrogen-bond acceptors (Lipinski definition) is 3. The van der Waals surface area contributed by atoms with E-state index in [1.54, 1.807) is 24.3 Å². The quantitative estimate of drug-likeness (QED) is 0.699. The fourth-order valence-corrected chi connectivity index (χ4v) is 2.89. The maximum absolute atomic E-state index is 12.8. The van der Waals surface area contributed by atoms with Gasteiger partial charge in [-0.2, -0.15) is 0 Å². The molecule has 2 atom stereocenters. The molecule has 0 aliphatic rings. The number of ether oxygens (including phenoxy) is 1. The number of amides is 2. The first-order chi connectivity index (χ1) is 13.3. The Kier molecular flexibility index (Phi) is 7.61. The number of nitrogens with one attached hydrogen (secondary N) is 2. The van der Waals surface area contributed by atoms with Crippen LogP contribution >= 0.6 is 0 Å². The Balaban J connectivity index is 2.15. The van der Waals surface area contributed by atoms with Crippen molar-refractivity contribution >= 4 is 17.5 Å². The van der Waals surface area contributed by atoms with Crippen LogP contribution in [0.25, 0.3) is 0 Å². The van der Waals surface area contributed by atoms with Gasteiger partial charge in [-0.3, -0.25) is 9.59 Å². The van der Waals surface area contributed by atoms with E-state index in [2.05, 4.69) is 16.7 Å². The van der Waals surface area contributed by atoms with Crippen LogP contribution in [-0.2, 0) is 4.79 Å². The molecule has 0 fully saturated rings. The molecule has 2 aromatic rings. The summed E-state index contributed by atoms with van der Waals surface area (Å²) in [6.45, 7) is 9.84. The number of rotatable bonds is 8. The van der Waals surface area contributed by atoms with E-state index in [-0.39, 0.29) is 17.9 Å². The highest BCUT2D eigenvalue weighted by Crippen LogP contribution is 2.20. The Hall–Kier alpha value is -2.82. The van der Waals surface area contributed by atoms with E-state index in [1.807, 2.05) is 46.8 Å².